The fourth-order valence-corrected chi connectivity index (χ4v) is 3.54. The number of alkyl halides is 5. The van der Waals surface area contributed by atoms with Crippen molar-refractivity contribution >= 4 is 0 Å². The highest BCUT2D eigenvalue weighted by atomic mass is 19.4. The maximum Gasteiger partial charge on any atom is 0.416 e. The quantitative estimate of drug-likeness (QED) is 0.367. The molecule has 0 amide bonds. The molecule has 0 aliphatic rings. The van der Waals surface area contributed by atoms with Crippen molar-refractivity contribution in [2.24, 2.45) is 0 Å². The number of halogens is 7. The molecule has 0 saturated carbocycles. The molecule has 2 aromatic carbocycles. The van der Waals surface area contributed by atoms with Gasteiger partial charge in [-0.3, -0.25) is 4.98 Å². The zero-order valence-corrected chi connectivity index (χ0v) is 17.5. The largest absolute Gasteiger partial charge is 0.416 e. The summed E-state index contributed by atoms with van der Waals surface area (Å²) in [6.07, 6.45) is -1.21. The number of hydrogen-bond donors (Lipinski definition) is 1. The number of pyridine rings is 1. The summed E-state index contributed by atoms with van der Waals surface area (Å²) in [7, 11) is 0. The lowest BCUT2D eigenvalue weighted by molar-refractivity contribution is -0.207. The van der Waals surface area contributed by atoms with Gasteiger partial charge in [0, 0.05) is 29.6 Å². The van der Waals surface area contributed by atoms with Crippen LogP contribution in [0.4, 0.5) is 30.7 Å². The molecule has 1 unspecified atom stereocenters. The van der Waals surface area contributed by atoms with Crippen LogP contribution in [0, 0.1) is 11.6 Å². The number of aliphatic hydroxyl groups is 1. The second kappa shape index (κ2) is 8.77. The van der Waals surface area contributed by atoms with Crippen LogP contribution in [0.25, 0.3) is 11.1 Å². The summed E-state index contributed by atoms with van der Waals surface area (Å²) >= 11 is 0. The molecule has 35 heavy (non-hydrogen) atoms. The first kappa shape index (κ1) is 24.3. The topological polar surface area (TPSA) is 63.8 Å². The van der Waals surface area contributed by atoms with E-state index in [9.17, 15) is 27.1 Å². The molecule has 0 aliphatic heterocycles. The molecule has 0 spiro atoms. The van der Waals surface area contributed by atoms with Gasteiger partial charge in [0.25, 0.3) is 0 Å². The molecular weight excluding hydrogens is 481 g/mol. The molecule has 0 fully saturated rings. The Morgan fingerprint density at radius 3 is 2.09 bits per heavy atom. The highest BCUT2D eigenvalue weighted by Gasteiger charge is 2.57. The van der Waals surface area contributed by atoms with Crippen LogP contribution in [0.5, 0.6) is 0 Å². The molecule has 182 valence electrons. The first-order valence-electron chi connectivity index (χ1n) is 9.96. The van der Waals surface area contributed by atoms with Crippen molar-refractivity contribution in [3.8, 4) is 11.1 Å². The van der Waals surface area contributed by atoms with Crippen LogP contribution < -0.4 is 0 Å². The summed E-state index contributed by atoms with van der Waals surface area (Å²) in [6.45, 7) is -0.953. The summed E-state index contributed by atoms with van der Waals surface area (Å²) in [5.74, 6) is -6.67. The molecule has 0 saturated heterocycles. The Bertz CT molecular complexity index is 1310. The monoisotopic (exact) mass is 496 g/mol. The van der Waals surface area contributed by atoms with Crippen LogP contribution in [-0.2, 0) is 24.2 Å². The van der Waals surface area contributed by atoms with Crippen LogP contribution >= 0.6 is 0 Å². The molecule has 4 aromatic rings. The number of nitrogens with zero attached hydrogens (tertiary/aromatic N) is 4. The summed E-state index contributed by atoms with van der Waals surface area (Å²) in [5, 5.41) is 18.2. The van der Waals surface area contributed by atoms with E-state index in [0.29, 0.717) is 12.1 Å². The van der Waals surface area contributed by atoms with Gasteiger partial charge < -0.3 is 5.11 Å². The van der Waals surface area contributed by atoms with Gasteiger partial charge in [0.05, 0.1) is 18.3 Å². The maximum absolute atomic E-state index is 15.7. The van der Waals surface area contributed by atoms with E-state index < -0.39 is 52.7 Å². The van der Waals surface area contributed by atoms with Crippen LogP contribution in [-0.4, -0.2) is 25.1 Å². The highest BCUT2D eigenvalue weighted by molar-refractivity contribution is 5.63. The third-order valence-corrected chi connectivity index (χ3v) is 5.39. The molecule has 4 rings (SSSR count). The van der Waals surface area contributed by atoms with Crippen molar-refractivity contribution in [1.82, 2.24) is 20.0 Å². The number of rotatable bonds is 6. The van der Waals surface area contributed by atoms with Gasteiger partial charge in [0.15, 0.2) is 5.60 Å². The van der Waals surface area contributed by atoms with E-state index in [1.165, 1.54) is 12.3 Å². The molecule has 12 heteroatoms. The van der Waals surface area contributed by atoms with Crippen LogP contribution in [0.3, 0.4) is 0 Å². The molecular formula is C23H15F7N4O. The van der Waals surface area contributed by atoms with Crippen LogP contribution in [0.2, 0.25) is 0 Å². The molecule has 2 heterocycles. The minimum Gasteiger partial charge on any atom is -0.377 e. The number of benzene rings is 2. The summed E-state index contributed by atoms with van der Waals surface area (Å²) in [4.78, 5) is 3.69. The maximum atomic E-state index is 15.7. The van der Waals surface area contributed by atoms with Gasteiger partial charge >= 0.3 is 12.1 Å². The molecule has 0 radical (unpaired) electrons. The van der Waals surface area contributed by atoms with Crippen molar-refractivity contribution in [3.05, 3.63) is 102 Å². The zero-order valence-electron chi connectivity index (χ0n) is 17.5. The standard InChI is InChI=1S/C23H15F7N4O/c24-17-6-7-18(19(25)11-17)21(35,13-34-10-9-32-33-34)22(26,27)20-8-3-15(12-31-20)14-1-4-16(5-2-14)23(28,29)30/h1-12,35H,13H2. The molecule has 1 N–H and O–H groups in total. The average Bonchev–Trinajstić information content (AvgIpc) is 3.31. The molecule has 2 aromatic heterocycles. The molecule has 1 atom stereocenters. The lowest BCUT2D eigenvalue weighted by Crippen LogP contribution is -2.48. The average molecular weight is 496 g/mol. The van der Waals surface area contributed by atoms with Gasteiger partial charge in [0.2, 0.25) is 0 Å². The summed E-state index contributed by atoms with van der Waals surface area (Å²) < 4.78 is 98.6. The summed E-state index contributed by atoms with van der Waals surface area (Å²) in [5.41, 5.74) is -5.49. The smallest absolute Gasteiger partial charge is 0.377 e. The van der Waals surface area contributed by atoms with E-state index in [0.717, 1.165) is 53.5 Å². The minimum absolute atomic E-state index is 0.228. The first-order valence-corrected chi connectivity index (χ1v) is 9.96. The van der Waals surface area contributed by atoms with Crippen molar-refractivity contribution in [2.45, 2.75) is 24.2 Å². The van der Waals surface area contributed by atoms with Crippen molar-refractivity contribution < 1.29 is 35.8 Å². The zero-order chi connectivity index (χ0) is 25.4. The highest BCUT2D eigenvalue weighted by Crippen LogP contribution is 2.47. The lowest BCUT2D eigenvalue weighted by Gasteiger charge is -2.36. The second-order valence-corrected chi connectivity index (χ2v) is 7.67. The van der Waals surface area contributed by atoms with Gasteiger partial charge in [-0.1, -0.05) is 23.4 Å². The summed E-state index contributed by atoms with van der Waals surface area (Å²) in [6, 6.07) is 7.82. The third kappa shape index (κ3) is 4.61. The Morgan fingerprint density at radius 1 is 0.857 bits per heavy atom. The van der Waals surface area contributed by atoms with Gasteiger partial charge in [0.1, 0.15) is 17.3 Å². The van der Waals surface area contributed by atoms with Gasteiger partial charge in [-0.25, -0.2) is 13.5 Å². The van der Waals surface area contributed by atoms with E-state index in [2.05, 4.69) is 15.3 Å². The molecule has 0 bridgehead atoms. The fraction of sp³-hybridized carbons (Fsp3) is 0.174. The second-order valence-electron chi connectivity index (χ2n) is 7.67. The van der Waals surface area contributed by atoms with Crippen molar-refractivity contribution in [1.29, 1.82) is 0 Å². The molecule has 5 nitrogen and oxygen atoms in total. The Hall–Kier alpha value is -3.80. The van der Waals surface area contributed by atoms with E-state index >= 15 is 8.78 Å². The molecule has 0 aliphatic carbocycles. The predicted molar refractivity (Wildman–Crippen MR) is 109 cm³/mol. The van der Waals surface area contributed by atoms with E-state index in [1.54, 1.807) is 0 Å². The van der Waals surface area contributed by atoms with Gasteiger partial charge in [-0.05, 0) is 35.9 Å². The van der Waals surface area contributed by atoms with Crippen molar-refractivity contribution in [2.75, 3.05) is 0 Å². The third-order valence-electron chi connectivity index (χ3n) is 5.39. The van der Waals surface area contributed by atoms with Gasteiger partial charge in [-0.2, -0.15) is 22.0 Å². The number of aromatic nitrogens is 4. The van der Waals surface area contributed by atoms with E-state index in [4.69, 9.17) is 0 Å². The first-order chi connectivity index (χ1) is 16.4. The fourth-order valence-electron chi connectivity index (χ4n) is 3.54. The normalized spacial score (nSPS) is 14.1. The lowest BCUT2D eigenvalue weighted by atomic mass is 9.84. The van der Waals surface area contributed by atoms with Crippen molar-refractivity contribution in [3.63, 3.8) is 0 Å². The SMILES string of the molecule is OC(Cn1ccnn1)(c1ccc(F)cc1F)C(F)(F)c1ccc(-c2ccc(C(F)(F)F)cc2)cn1. The van der Waals surface area contributed by atoms with Crippen LogP contribution in [0.1, 0.15) is 16.8 Å². The van der Waals surface area contributed by atoms with Gasteiger partial charge in [-0.15, -0.1) is 5.10 Å². The predicted octanol–water partition coefficient (Wildman–Crippen LogP) is 5.32. The Labute approximate surface area is 193 Å². The Balaban J connectivity index is 1.73. The van der Waals surface area contributed by atoms with E-state index in [-0.39, 0.29) is 11.1 Å². The minimum atomic E-state index is -4.53. The Kier molecular flexibility index (Phi) is 6.09. The van der Waals surface area contributed by atoms with Crippen LogP contribution in [0.15, 0.2) is 73.2 Å². The Morgan fingerprint density at radius 2 is 1.54 bits per heavy atom. The van der Waals surface area contributed by atoms with E-state index in [1.807, 2.05) is 0 Å². The number of hydrogen-bond acceptors (Lipinski definition) is 4.